The van der Waals surface area contributed by atoms with E-state index in [0.717, 1.165) is 33.5 Å². The molecule has 69 heavy (non-hydrogen) atoms. The molecule has 14 rings (SSSR count). The second-order valence-electron chi connectivity index (χ2n) is 21.4. The third-order valence-corrected chi connectivity index (χ3v) is 15.2. The van der Waals surface area contributed by atoms with Gasteiger partial charge in [-0.25, -0.2) is 9.97 Å². The quantitative estimate of drug-likeness (QED) is 0.165. The number of para-hydroxylation sites is 1. The number of aromatic nitrogens is 4. The lowest BCUT2D eigenvalue weighted by Crippen LogP contribution is -2.59. The molecular formula is C64H49BN4. The van der Waals surface area contributed by atoms with Gasteiger partial charge in [-0.2, -0.15) is 0 Å². The molecule has 9 aromatic carbocycles. The van der Waals surface area contributed by atoms with Crippen molar-refractivity contribution in [1.82, 2.24) is 19.1 Å². The second kappa shape index (κ2) is 14.3. The van der Waals surface area contributed by atoms with E-state index in [1.807, 2.05) is 0 Å². The Balaban J connectivity index is 1.19. The van der Waals surface area contributed by atoms with E-state index in [1.165, 1.54) is 105 Å². The van der Waals surface area contributed by atoms with Crippen molar-refractivity contribution in [3.05, 3.63) is 199 Å². The first kappa shape index (κ1) is 40.1. The van der Waals surface area contributed by atoms with Crippen LogP contribution in [0.3, 0.4) is 0 Å². The van der Waals surface area contributed by atoms with Gasteiger partial charge in [-0.1, -0.05) is 187 Å². The van der Waals surface area contributed by atoms with Crippen LogP contribution in [0, 0.1) is 0 Å². The lowest BCUT2D eigenvalue weighted by Gasteiger charge is -2.34. The standard InChI is InChI=1S/C64H49BN4/c1-63(2,3)42-26-32-52-47(36-42)56-44(38-18-10-7-11-19-38)28-30-49-60(56)68(52)54-34-41(59-46-24-16-17-25-51(46)66-62(67-59)40-22-14-9-15-23-40)35-55-58(54)65(49)50-31-29-45(39-20-12-8-13-21-39)57-48-37-43(64(4,5)6)27-33-53(48)69(55)61(50)57/h7-37H,1-6H3. The molecule has 0 unspecified atom stereocenters. The lowest BCUT2D eigenvalue weighted by molar-refractivity contribution is 0.591. The van der Waals surface area contributed by atoms with Crippen LogP contribution in [0.15, 0.2) is 188 Å². The minimum Gasteiger partial charge on any atom is -0.310 e. The molecule has 2 aliphatic heterocycles. The summed E-state index contributed by atoms with van der Waals surface area (Å²) in [7, 11) is 0. The molecule has 0 spiro atoms. The predicted molar refractivity (Wildman–Crippen MR) is 292 cm³/mol. The summed E-state index contributed by atoms with van der Waals surface area (Å²) in [5.41, 5.74) is 22.8. The smallest absolute Gasteiger partial charge is 0.252 e. The van der Waals surface area contributed by atoms with Gasteiger partial charge in [0.15, 0.2) is 5.82 Å². The SMILES string of the molecule is CC(C)(C)c1ccc2c(c1)c1c(-c3ccccc3)ccc3c1n2-c1cc(-c2nc(-c4ccccc4)nc4ccccc24)cc2c1B3c1ccc(-c3ccccc3)c3c4cc(C(C)(C)C)ccc4n-2c13. The van der Waals surface area contributed by atoms with E-state index >= 15 is 0 Å². The van der Waals surface area contributed by atoms with Crippen LogP contribution >= 0.6 is 0 Å². The van der Waals surface area contributed by atoms with Crippen LogP contribution in [-0.2, 0) is 10.8 Å². The maximum Gasteiger partial charge on any atom is 0.252 e. The third kappa shape index (κ3) is 5.77. The van der Waals surface area contributed by atoms with E-state index in [9.17, 15) is 0 Å². The molecule has 0 amide bonds. The molecule has 0 fully saturated rings. The Morgan fingerprint density at radius 3 is 1.36 bits per heavy atom. The molecule has 3 aromatic heterocycles. The van der Waals surface area contributed by atoms with Gasteiger partial charge in [0.1, 0.15) is 0 Å². The summed E-state index contributed by atoms with van der Waals surface area (Å²) in [6.45, 7) is 13.9. The number of rotatable bonds is 4. The molecule has 5 heterocycles. The highest BCUT2D eigenvalue weighted by Gasteiger charge is 2.42. The van der Waals surface area contributed by atoms with E-state index in [1.54, 1.807) is 0 Å². The molecular weight excluding hydrogens is 836 g/mol. The van der Waals surface area contributed by atoms with Gasteiger partial charge in [0.2, 0.25) is 0 Å². The van der Waals surface area contributed by atoms with Crippen LogP contribution in [0.5, 0.6) is 0 Å². The number of fused-ring (bicyclic) bond motifs is 11. The lowest BCUT2D eigenvalue weighted by atomic mass is 9.34. The summed E-state index contributed by atoms with van der Waals surface area (Å²) in [5, 5.41) is 6.18. The van der Waals surface area contributed by atoms with Gasteiger partial charge < -0.3 is 9.13 Å². The van der Waals surface area contributed by atoms with Crippen molar-refractivity contribution >= 4 is 77.6 Å². The number of hydrogen-bond donors (Lipinski definition) is 0. The van der Waals surface area contributed by atoms with E-state index in [-0.39, 0.29) is 17.5 Å². The van der Waals surface area contributed by atoms with E-state index in [4.69, 9.17) is 9.97 Å². The number of hydrogen-bond acceptors (Lipinski definition) is 2. The van der Waals surface area contributed by atoms with Crippen LogP contribution in [0.2, 0.25) is 0 Å². The summed E-state index contributed by atoms with van der Waals surface area (Å²) >= 11 is 0. The van der Waals surface area contributed by atoms with E-state index in [2.05, 4.69) is 239 Å². The Hall–Kier alpha value is -8.02. The molecule has 328 valence electrons. The molecule has 0 atom stereocenters. The van der Waals surface area contributed by atoms with Crippen LogP contribution in [0.25, 0.3) is 111 Å². The fraction of sp³-hybridized carbons (Fsp3) is 0.125. The van der Waals surface area contributed by atoms with Gasteiger partial charge in [-0.15, -0.1) is 0 Å². The van der Waals surface area contributed by atoms with Gasteiger partial charge >= 0.3 is 0 Å². The molecule has 0 saturated carbocycles. The third-order valence-electron chi connectivity index (χ3n) is 15.2. The summed E-state index contributed by atoms with van der Waals surface area (Å²) in [6.07, 6.45) is 0. The van der Waals surface area contributed by atoms with Gasteiger partial charge in [0.25, 0.3) is 6.71 Å². The van der Waals surface area contributed by atoms with Crippen molar-refractivity contribution in [3.8, 4) is 56.3 Å². The van der Waals surface area contributed by atoms with Crippen molar-refractivity contribution < 1.29 is 0 Å². The first-order valence-corrected chi connectivity index (χ1v) is 24.4. The Bertz CT molecular complexity index is 3930. The average Bonchev–Trinajstić information content (AvgIpc) is 3.90. The summed E-state index contributed by atoms with van der Waals surface area (Å²) in [6, 6.07) is 70.0. The topological polar surface area (TPSA) is 35.6 Å². The van der Waals surface area contributed by atoms with Gasteiger partial charge in [0, 0.05) is 60.5 Å². The summed E-state index contributed by atoms with van der Waals surface area (Å²) < 4.78 is 5.23. The molecule has 5 heteroatoms. The van der Waals surface area contributed by atoms with Gasteiger partial charge in [-0.3, -0.25) is 0 Å². The van der Waals surface area contributed by atoms with Crippen LogP contribution < -0.4 is 16.4 Å². The Morgan fingerprint density at radius 2 is 0.870 bits per heavy atom. The van der Waals surface area contributed by atoms with Crippen molar-refractivity contribution in [2.45, 2.75) is 52.4 Å². The first-order chi connectivity index (χ1) is 33.5. The highest BCUT2D eigenvalue weighted by molar-refractivity contribution is 7.00. The molecule has 12 aromatic rings. The Labute approximate surface area is 402 Å². The van der Waals surface area contributed by atoms with Crippen LogP contribution in [-0.4, -0.2) is 25.8 Å². The molecule has 0 aliphatic carbocycles. The normalized spacial score (nSPS) is 13.0. The zero-order chi connectivity index (χ0) is 46.5. The number of nitrogens with zero attached hydrogens (tertiary/aromatic N) is 4. The first-order valence-electron chi connectivity index (χ1n) is 24.4. The van der Waals surface area contributed by atoms with Crippen molar-refractivity contribution in [2.24, 2.45) is 0 Å². The predicted octanol–water partition coefficient (Wildman–Crippen LogP) is 14.2. The zero-order valence-electron chi connectivity index (χ0n) is 39.8. The average molecular weight is 885 g/mol. The van der Waals surface area contributed by atoms with Gasteiger partial charge in [0.05, 0.1) is 22.2 Å². The minimum atomic E-state index is -0.0384. The van der Waals surface area contributed by atoms with Crippen molar-refractivity contribution in [1.29, 1.82) is 0 Å². The van der Waals surface area contributed by atoms with Crippen molar-refractivity contribution in [3.63, 3.8) is 0 Å². The van der Waals surface area contributed by atoms with Gasteiger partial charge in [-0.05, 0) is 103 Å². The largest absolute Gasteiger partial charge is 0.310 e. The maximum absolute atomic E-state index is 5.54. The van der Waals surface area contributed by atoms with Crippen molar-refractivity contribution in [2.75, 3.05) is 0 Å². The fourth-order valence-electron chi connectivity index (χ4n) is 11.9. The molecule has 0 N–H and O–H groups in total. The second-order valence-corrected chi connectivity index (χ2v) is 21.4. The highest BCUT2D eigenvalue weighted by Crippen LogP contribution is 2.46. The molecule has 0 saturated heterocycles. The monoisotopic (exact) mass is 884 g/mol. The van der Waals surface area contributed by atoms with E-state index < -0.39 is 0 Å². The Morgan fingerprint density at radius 1 is 0.406 bits per heavy atom. The van der Waals surface area contributed by atoms with Crippen LogP contribution in [0.4, 0.5) is 0 Å². The molecule has 0 bridgehead atoms. The highest BCUT2D eigenvalue weighted by atomic mass is 15.0. The fourth-order valence-corrected chi connectivity index (χ4v) is 11.9. The zero-order valence-corrected chi connectivity index (χ0v) is 39.8. The molecule has 0 radical (unpaired) electrons. The van der Waals surface area contributed by atoms with E-state index in [0.29, 0.717) is 0 Å². The van der Waals surface area contributed by atoms with Crippen LogP contribution in [0.1, 0.15) is 52.7 Å². The minimum absolute atomic E-state index is 0.0366. The molecule has 4 nitrogen and oxygen atoms in total. The summed E-state index contributed by atoms with van der Waals surface area (Å²) in [5.74, 6) is 0.719. The molecule has 2 aliphatic rings. The number of benzene rings is 9. The summed E-state index contributed by atoms with van der Waals surface area (Å²) in [4.78, 5) is 10.7. The maximum atomic E-state index is 5.54. The Kier molecular flexibility index (Phi) is 8.28.